The number of anilines is 4. The molecule has 4 fully saturated rings. The lowest BCUT2D eigenvalue weighted by Gasteiger charge is -2.40. The fraction of sp³-hybridized carbons (Fsp3) is 0.400. The zero-order valence-corrected chi connectivity index (χ0v) is 88.7. The summed E-state index contributed by atoms with van der Waals surface area (Å²) >= 11 is 42.2. The standard InChI is InChI=1S/2C28H32ClN3O3S.2C22H27Cl2N3O2S.4ClH/c2*1-20(2)17-21-19-31(15-14-30-21)28(34)27(25-9-6-16-36-25)32(26(33)18-29)22-10-12-24(13-11-22)35-23-7-4-3-5-8-23;2*1-14(2)17-13-26(9-8-25-17)22(29)21(19-5-4-10-30-19)27(20(28)12-23)18-7-6-16(24)11-15(18)3;;;;/h2*3-13,16,20-21,27,30H,14-15,17-19H2,1-2H3;2*4-7,10-11,14,17,21,25H,8-9,12-13H2,1-3H3;4*1H/t21-,27+;21-,27-;17-,21+;17-,21-;;;;/m0011..../s1. The summed E-state index contributed by atoms with van der Waals surface area (Å²) in [6.07, 6.45) is 1.97. The minimum absolute atomic E-state index is 0. The third kappa shape index (κ3) is 31.6. The number of carbonyl (C=O) groups is 8. The van der Waals surface area contributed by atoms with Crippen molar-refractivity contribution >= 4 is 235 Å². The van der Waals surface area contributed by atoms with Crippen molar-refractivity contribution < 1.29 is 47.8 Å². The number of alkyl halides is 4. The molecule has 0 aliphatic carbocycles. The van der Waals surface area contributed by atoms with Crippen molar-refractivity contribution in [3.8, 4) is 23.0 Å². The first-order valence-corrected chi connectivity index (χ1v) is 50.9. The molecular weight excluding hydrogens is 2010 g/mol. The summed E-state index contributed by atoms with van der Waals surface area (Å²) < 4.78 is 11.8. The zero-order chi connectivity index (χ0) is 94.7. The Bertz CT molecular complexity index is 5020. The molecule has 0 saturated carbocycles. The summed E-state index contributed by atoms with van der Waals surface area (Å²) in [4.78, 5) is 125. The fourth-order valence-corrected chi connectivity index (χ4v) is 20.8. The lowest BCUT2D eigenvalue weighted by molar-refractivity contribution is -0.136. The first-order valence-electron chi connectivity index (χ1n) is 44.5. The third-order valence-electron chi connectivity index (χ3n) is 23.1. The molecule has 4 saturated heterocycles. The van der Waals surface area contributed by atoms with E-state index in [-0.39, 0.29) is 145 Å². The SMILES string of the molecule is CC(C)C[C@H]1CN(C(=O)[C@@H](c2cccs2)N(C(=O)CCl)c2ccc(Oc3ccccc3)cc2)CCN1.CC(C)C[C@H]1CN(C(=O)[C@H](c2cccs2)N(C(=O)CCl)c2ccc(Oc3ccccc3)cc2)CCN1.Cc1cc(Cl)ccc1N(C(=O)CCl)[C@@H](C(=O)N1CCN[C@@H](C(C)C)C1)c1cccs1.Cc1cc(Cl)ccc1N(C(=O)CCl)[C@H](C(=O)N1CCN[C@@H](C(C)C)C1)c1cccs1.Cl.Cl.Cl.Cl. The van der Waals surface area contributed by atoms with Gasteiger partial charge in [0.05, 0.1) is 0 Å². The van der Waals surface area contributed by atoms with E-state index >= 15 is 0 Å². The van der Waals surface area contributed by atoms with Crippen LogP contribution in [0.15, 0.2) is 216 Å². The number of thiophene rings is 4. The van der Waals surface area contributed by atoms with Gasteiger partial charge in [0.2, 0.25) is 23.6 Å². The van der Waals surface area contributed by atoms with Gasteiger partial charge < -0.3 is 50.3 Å². The molecule has 0 bridgehead atoms. The normalized spacial score (nSPS) is 16.6. The number of hydrogen-bond donors (Lipinski definition) is 4. The highest BCUT2D eigenvalue weighted by Gasteiger charge is 2.44. The summed E-state index contributed by atoms with van der Waals surface area (Å²) in [6.45, 7) is 28.8. The van der Waals surface area contributed by atoms with Crippen LogP contribution in [-0.4, -0.2) is 193 Å². The number of benzene rings is 6. The first-order chi connectivity index (χ1) is 63.6. The lowest BCUT2D eigenvalue weighted by Crippen LogP contribution is -2.57. The number of aryl methyl sites for hydroxylation is 2. The summed E-state index contributed by atoms with van der Waals surface area (Å²) in [5, 5.41) is 22.9. The van der Waals surface area contributed by atoms with Gasteiger partial charge in [-0.15, -0.1) is 141 Å². The van der Waals surface area contributed by atoms with Crippen LogP contribution < -0.4 is 50.3 Å². The molecule has 0 unspecified atom stereocenters. The molecule has 14 rings (SSSR count). The van der Waals surface area contributed by atoms with Crippen molar-refractivity contribution in [1.82, 2.24) is 40.9 Å². The summed E-state index contributed by atoms with van der Waals surface area (Å²) in [6, 6.07) is 57.0. The molecule has 0 spiro atoms. The van der Waals surface area contributed by atoms with Gasteiger partial charge in [-0.2, -0.15) is 0 Å². The second-order valence-electron chi connectivity index (χ2n) is 34.2. The molecule has 8 heterocycles. The highest BCUT2D eigenvalue weighted by Crippen LogP contribution is 2.41. The Labute approximate surface area is 870 Å². The number of hydrogen-bond acceptors (Lipinski definition) is 18. The highest BCUT2D eigenvalue weighted by atomic mass is 35.5. The number of rotatable bonds is 30. The van der Waals surface area contributed by atoms with Gasteiger partial charge in [0.15, 0.2) is 0 Å². The van der Waals surface area contributed by atoms with Crippen LogP contribution in [0.4, 0.5) is 22.7 Å². The van der Waals surface area contributed by atoms with Crippen molar-refractivity contribution in [2.75, 3.05) is 122 Å². The van der Waals surface area contributed by atoms with Crippen LogP contribution in [0.2, 0.25) is 10.0 Å². The number of carbonyl (C=O) groups excluding carboxylic acids is 8. The summed E-state index contributed by atoms with van der Waals surface area (Å²) in [5.41, 5.74) is 4.12. The molecule has 8 atom stereocenters. The number of nitrogens with zero attached hydrogens (tertiary/aromatic N) is 8. The molecule has 4 N–H and O–H groups in total. The van der Waals surface area contributed by atoms with Crippen molar-refractivity contribution in [2.24, 2.45) is 23.7 Å². The van der Waals surface area contributed by atoms with Gasteiger partial charge in [-0.05, 0) is 216 Å². The monoisotopic (exact) mass is 2130 g/mol. The Hall–Kier alpha value is -7.78. The van der Waals surface area contributed by atoms with Crippen molar-refractivity contribution in [1.29, 1.82) is 0 Å². The van der Waals surface area contributed by atoms with E-state index in [4.69, 9.17) is 79.1 Å². The van der Waals surface area contributed by atoms with E-state index in [1.54, 1.807) is 94.7 Å². The Kier molecular flexibility index (Phi) is 48.5. The Morgan fingerprint density at radius 2 is 0.625 bits per heavy atom. The predicted molar refractivity (Wildman–Crippen MR) is 570 cm³/mol. The van der Waals surface area contributed by atoms with Gasteiger partial charge in [0, 0.05) is 155 Å². The molecule has 4 aliphatic rings. The number of nitrogens with one attached hydrogen (secondary N) is 4. The smallest absolute Gasteiger partial charge is 0.251 e. The maximum atomic E-state index is 14.0. The number of amides is 8. The van der Waals surface area contributed by atoms with Crippen molar-refractivity contribution in [3.05, 3.63) is 256 Å². The number of halogens is 10. The Morgan fingerprint density at radius 1 is 0.353 bits per heavy atom. The van der Waals surface area contributed by atoms with E-state index in [1.807, 2.05) is 164 Å². The molecular formula is C100H122Cl10N12O10S4. The number of para-hydroxylation sites is 2. The van der Waals surface area contributed by atoms with Crippen LogP contribution in [0.1, 0.15) is 123 Å². The van der Waals surface area contributed by atoms with Crippen LogP contribution in [0, 0.1) is 37.5 Å². The fourth-order valence-electron chi connectivity index (χ4n) is 16.6. The largest absolute Gasteiger partial charge is 0.457 e. The van der Waals surface area contributed by atoms with Crippen LogP contribution >= 0.6 is 165 Å². The lowest BCUT2D eigenvalue weighted by atomic mass is 10.0. The van der Waals surface area contributed by atoms with E-state index in [1.165, 1.54) is 55.1 Å². The molecule has 136 heavy (non-hydrogen) atoms. The topological polar surface area (TPSA) is 229 Å². The van der Waals surface area contributed by atoms with Crippen molar-refractivity contribution in [2.45, 2.75) is 130 Å². The van der Waals surface area contributed by atoms with Gasteiger partial charge in [-0.1, -0.05) is 139 Å². The van der Waals surface area contributed by atoms with E-state index in [0.717, 1.165) is 81.2 Å². The minimum Gasteiger partial charge on any atom is -0.457 e. The zero-order valence-electron chi connectivity index (χ0n) is 77.6. The van der Waals surface area contributed by atoms with E-state index in [0.29, 0.717) is 120 Å². The molecule has 4 aliphatic heterocycles. The van der Waals surface area contributed by atoms with E-state index in [2.05, 4.69) is 76.7 Å². The molecule has 22 nitrogen and oxygen atoms in total. The second-order valence-corrected chi connectivity index (χ2v) is 40.1. The molecule has 0 radical (unpaired) electrons. The van der Waals surface area contributed by atoms with Crippen LogP contribution in [-0.2, 0) is 38.4 Å². The van der Waals surface area contributed by atoms with Gasteiger partial charge >= 0.3 is 0 Å². The molecule has 36 heteroatoms. The maximum absolute atomic E-state index is 14.0. The number of ether oxygens (including phenoxy) is 2. The van der Waals surface area contributed by atoms with Gasteiger partial charge in [-0.3, -0.25) is 58.0 Å². The number of piperazine rings is 4. The van der Waals surface area contributed by atoms with Gasteiger partial charge in [-0.25, -0.2) is 0 Å². The van der Waals surface area contributed by atoms with Crippen LogP contribution in [0.5, 0.6) is 23.0 Å². The molecule has 4 aromatic heterocycles. The third-order valence-corrected chi connectivity index (χ3v) is 28.1. The average molecular weight is 2130 g/mol. The van der Waals surface area contributed by atoms with E-state index in [9.17, 15) is 38.4 Å². The van der Waals surface area contributed by atoms with Gasteiger partial charge in [0.1, 0.15) is 70.7 Å². The Balaban J connectivity index is 0.000000246. The van der Waals surface area contributed by atoms with Crippen LogP contribution in [0.25, 0.3) is 0 Å². The molecule has 6 aromatic carbocycles. The summed E-state index contributed by atoms with van der Waals surface area (Å²) in [5.74, 6) is 2.07. The average Bonchev–Trinajstić information content (AvgIpc) is 1.29. The van der Waals surface area contributed by atoms with Crippen molar-refractivity contribution in [3.63, 3.8) is 0 Å². The van der Waals surface area contributed by atoms with Crippen LogP contribution in [0.3, 0.4) is 0 Å². The molecule has 10 aromatic rings. The predicted octanol–water partition coefficient (Wildman–Crippen LogP) is 22.0. The highest BCUT2D eigenvalue weighted by molar-refractivity contribution is 7.11. The first kappa shape index (κ1) is 115. The second kappa shape index (κ2) is 57.2. The van der Waals surface area contributed by atoms with E-state index < -0.39 is 24.2 Å². The van der Waals surface area contributed by atoms with Gasteiger partial charge in [0.25, 0.3) is 23.6 Å². The maximum Gasteiger partial charge on any atom is 0.251 e. The molecule has 8 amide bonds. The molecule has 736 valence electrons. The minimum atomic E-state index is -0.782. The summed E-state index contributed by atoms with van der Waals surface area (Å²) in [7, 11) is 0. The Morgan fingerprint density at radius 3 is 0.890 bits per heavy atom. The quantitative estimate of drug-likeness (QED) is 0.0307.